The van der Waals surface area contributed by atoms with Crippen LogP contribution >= 0.6 is 0 Å². The molecule has 1 N–H and O–H groups in total. The highest BCUT2D eigenvalue weighted by Crippen LogP contribution is 2.37. The number of aromatic nitrogens is 3. The normalized spacial score (nSPS) is 26.5. The molecule has 1 aromatic heterocycles. The van der Waals surface area contributed by atoms with Crippen molar-refractivity contribution in [2.75, 3.05) is 0 Å². The molecule has 3 rings (SSSR count). The summed E-state index contributed by atoms with van der Waals surface area (Å²) in [5.41, 5.74) is 0. The van der Waals surface area contributed by atoms with E-state index < -0.39 is 12.1 Å². The molecule has 1 aliphatic heterocycles. The van der Waals surface area contributed by atoms with E-state index in [4.69, 9.17) is 0 Å². The Morgan fingerprint density at radius 1 is 1.09 bits per heavy atom. The van der Waals surface area contributed by atoms with Gasteiger partial charge in [-0.25, -0.2) is 0 Å². The predicted molar refractivity (Wildman–Crippen MR) is 76.2 cm³/mol. The number of hydrogen-bond donors (Lipinski definition) is 1. The Hall–Kier alpha value is -1.11. The lowest BCUT2D eigenvalue weighted by Crippen LogP contribution is -2.38. The number of hydrogen-bond acceptors (Lipinski definition) is 3. The number of halogens is 3. The number of rotatable bonds is 3. The highest BCUT2D eigenvalue weighted by Gasteiger charge is 2.42. The molecule has 1 fully saturated rings. The molecular weight excluding hydrogens is 293 g/mol. The molecule has 2 aliphatic rings. The lowest BCUT2D eigenvalue weighted by Gasteiger charge is -2.31. The van der Waals surface area contributed by atoms with Crippen molar-refractivity contribution in [2.24, 2.45) is 5.92 Å². The van der Waals surface area contributed by atoms with Crippen molar-refractivity contribution >= 4 is 0 Å². The number of fused-ring (bicyclic) bond motifs is 1. The molecule has 0 amide bonds. The Balaban J connectivity index is 1.57. The standard InChI is InChI=1S/C15H23F3N4/c16-15(17,18)11-5-4-6-12(9-11)19-10-14-21-20-13-7-2-1-3-8-22(13)14/h11-12,19H,1-10H2. The van der Waals surface area contributed by atoms with E-state index in [2.05, 4.69) is 20.1 Å². The summed E-state index contributed by atoms with van der Waals surface area (Å²) in [6, 6.07) is -0.0703. The van der Waals surface area contributed by atoms with Crippen LogP contribution < -0.4 is 5.32 Å². The Kier molecular flexibility index (Phi) is 4.70. The fraction of sp³-hybridized carbons (Fsp3) is 0.867. The van der Waals surface area contributed by atoms with E-state index in [0.717, 1.165) is 43.9 Å². The fourth-order valence-corrected chi connectivity index (χ4v) is 3.58. The summed E-state index contributed by atoms with van der Waals surface area (Å²) in [4.78, 5) is 0. The van der Waals surface area contributed by atoms with Gasteiger partial charge in [0.05, 0.1) is 12.5 Å². The highest BCUT2D eigenvalue weighted by molar-refractivity contribution is 4.98. The molecule has 1 aromatic rings. The van der Waals surface area contributed by atoms with Crippen LogP contribution in [0.1, 0.15) is 56.6 Å². The first-order chi connectivity index (χ1) is 10.5. The molecule has 4 nitrogen and oxygen atoms in total. The van der Waals surface area contributed by atoms with Crippen LogP contribution in [0.25, 0.3) is 0 Å². The molecule has 0 aromatic carbocycles. The van der Waals surface area contributed by atoms with Gasteiger partial charge in [0.15, 0.2) is 0 Å². The van der Waals surface area contributed by atoms with Crippen molar-refractivity contribution in [1.82, 2.24) is 20.1 Å². The average molecular weight is 316 g/mol. The zero-order valence-electron chi connectivity index (χ0n) is 12.7. The van der Waals surface area contributed by atoms with E-state index in [0.29, 0.717) is 13.0 Å². The van der Waals surface area contributed by atoms with Gasteiger partial charge >= 0.3 is 6.18 Å². The summed E-state index contributed by atoms with van der Waals surface area (Å²) < 4.78 is 40.7. The van der Waals surface area contributed by atoms with Crippen molar-refractivity contribution < 1.29 is 13.2 Å². The van der Waals surface area contributed by atoms with Gasteiger partial charge in [0, 0.05) is 19.0 Å². The Labute approximate surface area is 128 Å². The van der Waals surface area contributed by atoms with Crippen LogP contribution in [0.5, 0.6) is 0 Å². The maximum Gasteiger partial charge on any atom is 0.391 e. The molecule has 22 heavy (non-hydrogen) atoms. The molecule has 1 saturated carbocycles. The van der Waals surface area contributed by atoms with Crippen LogP contribution in [0.4, 0.5) is 13.2 Å². The van der Waals surface area contributed by atoms with Crippen LogP contribution in [-0.4, -0.2) is 27.0 Å². The second-order valence-corrected chi connectivity index (χ2v) is 6.48. The lowest BCUT2D eigenvalue weighted by atomic mass is 9.85. The number of aryl methyl sites for hydroxylation is 1. The van der Waals surface area contributed by atoms with Gasteiger partial charge in [0.2, 0.25) is 0 Å². The smallest absolute Gasteiger partial charge is 0.314 e. The molecule has 0 bridgehead atoms. The Morgan fingerprint density at radius 3 is 2.77 bits per heavy atom. The van der Waals surface area contributed by atoms with Gasteiger partial charge in [0.25, 0.3) is 0 Å². The van der Waals surface area contributed by atoms with Crippen molar-refractivity contribution in [1.29, 1.82) is 0 Å². The SMILES string of the molecule is FC(F)(F)C1CCCC(NCc2nnc3n2CCCCC3)C1. The van der Waals surface area contributed by atoms with Crippen LogP contribution in [0.3, 0.4) is 0 Å². The molecule has 2 heterocycles. The van der Waals surface area contributed by atoms with Gasteiger partial charge in [0.1, 0.15) is 11.6 Å². The minimum Gasteiger partial charge on any atom is -0.314 e. The zero-order valence-corrected chi connectivity index (χ0v) is 12.7. The zero-order chi connectivity index (χ0) is 15.6. The largest absolute Gasteiger partial charge is 0.391 e. The van der Waals surface area contributed by atoms with E-state index in [1.165, 1.54) is 6.42 Å². The Bertz CT molecular complexity index is 497. The molecule has 124 valence electrons. The summed E-state index contributed by atoms with van der Waals surface area (Å²) >= 11 is 0. The van der Waals surface area contributed by atoms with E-state index in [9.17, 15) is 13.2 Å². The van der Waals surface area contributed by atoms with Crippen LogP contribution in [0.15, 0.2) is 0 Å². The number of nitrogens with zero attached hydrogens (tertiary/aromatic N) is 3. The van der Waals surface area contributed by atoms with Gasteiger partial charge in [-0.1, -0.05) is 12.8 Å². The van der Waals surface area contributed by atoms with Gasteiger partial charge in [-0.15, -0.1) is 10.2 Å². The third-order valence-corrected chi connectivity index (χ3v) is 4.87. The number of nitrogens with one attached hydrogen (secondary N) is 1. The second-order valence-electron chi connectivity index (χ2n) is 6.48. The summed E-state index contributed by atoms with van der Waals surface area (Å²) in [5, 5.41) is 11.7. The molecule has 0 saturated heterocycles. The lowest BCUT2D eigenvalue weighted by molar-refractivity contribution is -0.183. The van der Waals surface area contributed by atoms with Crippen molar-refractivity contribution in [3.05, 3.63) is 11.6 Å². The summed E-state index contributed by atoms with van der Waals surface area (Å²) in [5.74, 6) is 0.728. The predicted octanol–water partition coefficient (Wildman–Crippen LogP) is 3.22. The quantitative estimate of drug-likeness (QED) is 0.931. The fourth-order valence-electron chi connectivity index (χ4n) is 3.58. The third-order valence-electron chi connectivity index (χ3n) is 4.87. The molecule has 0 spiro atoms. The first kappa shape index (κ1) is 15.8. The maximum absolute atomic E-state index is 12.8. The van der Waals surface area contributed by atoms with Crippen molar-refractivity contribution in [3.63, 3.8) is 0 Å². The van der Waals surface area contributed by atoms with Gasteiger partial charge in [-0.3, -0.25) is 0 Å². The molecular formula is C15H23F3N4. The highest BCUT2D eigenvalue weighted by atomic mass is 19.4. The van der Waals surface area contributed by atoms with E-state index >= 15 is 0 Å². The minimum absolute atomic E-state index is 0.0703. The Morgan fingerprint density at radius 2 is 1.95 bits per heavy atom. The van der Waals surface area contributed by atoms with E-state index in [1.54, 1.807) is 0 Å². The summed E-state index contributed by atoms with van der Waals surface area (Å²) in [6.45, 7) is 1.44. The number of alkyl halides is 3. The first-order valence-electron chi connectivity index (χ1n) is 8.25. The summed E-state index contributed by atoms with van der Waals surface area (Å²) in [7, 11) is 0. The van der Waals surface area contributed by atoms with Gasteiger partial charge in [-0.2, -0.15) is 13.2 Å². The molecule has 0 radical (unpaired) electrons. The van der Waals surface area contributed by atoms with Crippen LogP contribution in [-0.2, 0) is 19.5 Å². The van der Waals surface area contributed by atoms with Crippen LogP contribution in [0, 0.1) is 5.92 Å². The monoisotopic (exact) mass is 316 g/mol. The van der Waals surface area contributed by atoms with Gasteiger partial charge < -0.3 is 9.88 Å². The molecule has 7 heteroatoms. The molecule has 2 unspecified atom stereocenters. The van der Waals surface area contributed by atoms with Crippen LogP contribution in [0.2, 0.25) is 0 Å². The van der Waals surface area contributed by atoms with Gasteiger partial charge in [-0.05, 0) is 32.1 Å². The average Bonchev–Trinajstić information content (AvgIpc) is 2.72. The minimum atomic E-state index is -4.06. The maximum atomic E-state index is 12.8. The van der Waals surface area contributed by atoms with Crippen molar-refractivity contribution in [2.45, 2.75) is 76.7 Å². The topological polar surface area (TPSA) is 42.7 Å². The van der Waals surface area contributed by atoms with E-state index in [-0.39, 0.29) is 18.9 Å². The second kappa shape index (κ2) is 6.56. The summed E-state index contributed by atoms with van der Waals surface area (Å²) in [6.07, 6.45) is 2.25. The molecule has 2 atom stereocenters. The first-order valence-corrected chi connectivity index (χ1v) is 8.25. The van der Waals surface area contributed by atoms with E-state index in [1.807, 2.05) is 0 Å². The third kappa shape index (κ3) is 3.62. The molecule has 1 aliphatic carbocycles. The van der Waals surface area contributed by atoms with Crippen molar-refractivity contribution in [3.8, 4) is 0 Å².